The summed E-state index contributed by atoms with van der Waals surface area (Å²) in [6.07, 6.45) is 3.81. The fraction of sp³-hybridized carbons (Fsp3) is 0.733. The summed E-state index contributed by atoms with van der Waals surface area (Å²) in [4.78, 5) is 11.6. The van der Waals surface area contributed by atoms with Crippen molar-refractivity contribution in [3.63, 3.8) is 0 Å². The van der Waals surface area contributed by atoms with Crippen LogP contribution in [0.1, 0.15) is 52.8 Å². The number of hydrogen-bond donors (Lipinski definition) is 2. The van der Waals surface area contributed by atoms with E-state index in [1.54, 1.807) is 0 Å². The van der Waals surface area contributed by atoms with E-state index in [1.807, 2.05) is 6.07 Å². The Hall–Kier alpha value is -1.36. The lowest BCUT2D eigenvalue weighted by Gasteiger charge is -2.23. The lowest BCUT2D eigenvalue weighted by molar-refractivity contribution is 0.528. The van der Waals surface area contributed by atoms with Gasteiger partial charge in [0.05, 0.1) is 0 Å². The number of nitrogens with two attached hydrogens (primary N) is 1. The van der Waals surface area contributed by atoms with Crippen molar-refractivity contribution in [2.75, 3.05) is 23.4 Å². The van der Waals surface area contributed by atoms with Gasteiger partial charge in [-0.25, -0.2) is 15.8 Å². The fourth-order valence-corrected chi connectivity index (χ4v) is 2.69. The predicted molar refractivity (Wildman–Crippen MR) is 83.8 cm³/mol. The second kappa shape index (κ2) is 5.95. The SMILES string of the molecule is CCCC1CCN(c2cc(NN)nc(C(C)(C)C)n2)C1. The molecule has 3 N–H and O–H groups in total. The molecule has 1 unspecified atom stereocenters. The first-order chi connectivity index (χ1) is 9.44. The van der Waals surface area contributed by atoms with E-state index in [2.05, 4.69) is 43.0 Å². The molecule has 0 amide bonds. The Morgan fingerprint density at radius 3 is 2.75 bits per heavy atom. The Bertz CT molecular complexity index is 452. The molecule has 20 heavy (non-hydrogen) atoms. The maximum absolute atomic E-state index is 5.55. The summed E-state index contributed by atoms with van der Waals surface area (Å²) in [6, 6.07) is 1.95. The van der Waals surface area contributed by atoms with E-state index < -0.39 is 0 Å². The molecule has 112 valence electrons. The van der Waals surface area contributed by atoms with E-state index in [4.69, 9.17) is 10.8 Å². The number of anilines is 2. The van der Waals surface area contributed by atoms with Crippen molar-refractivity contribution < 1.29 is 0 Å². The van der Waals surface area contributed by atoms with E-state index in [-0.39, 0.29) is 5.41 Å². The highest BCUT2D eigenvalue weighted by molar-refractivity contribution is 5.50. The Morgan fingerprint density at radius 1 is 1.40 bits per heavy atom. The van der Waals surface area contributed by atoms with Gasteiger partial charge in [0.2, 0.25) is 0 Å². The molecule has 0 aliphatic carbocycles. The molecule has 5 nitrogen and oxygen atoms in total. The van der Waals surface area contributed by atoms with Gasteiger partial charge in [-0.05, 0) is 18.8 Å². The summed E-state index contributed by atoms with van der Waals surface area (Å²) >= 11 is 0. The van der Waals surface area contributed by atoms with Crippen molar-refractivity contribution in [1.82, 2.24) is 9.97 Å². The normalized spacial score (nSPS) is 19.4. The van der Waals surface area contributed by atoms with Gasteiger partial charge in [0.1, 0.15) is 17.5 Å². The molecule has 0 aromatic carbocycles. The van der Waals surface area contributed by atoms with Gasteiger partial charge in [-0.15, -0.1) is 0 Å². The Balaban J connectivity index is 2.23. The van der Waals surface area contributed by atoms with Crippen LogP contribution in [0.3, 0.4) is 0 Å². The van der Waals surface area contributed by atoms with Gasteiger partial charge in [0.25, 0.3) is 0 Å². The molecule has 0 radical (unpaired) electrons. The van der Waals surface area contributed by atoms with Crippen molar-refractivity contribution in [1.29, 1.82) is 0 Å². The number of nitrogens with zero attached hydrogens (tertiary/aromatic N) is 3. The van der Waals surface area contributed by atoms with Gasteiger partial charge < -0.3 is 10.3 Å². The molecule has 1 aliphatic rings. The minimum atomic E-state index is -0.0792. The number of hydrazine groups is 1. The maximum Gasteiger partial charge on any atom is 0.145 e. The molecular formula is C15H27N5. The standard InChI is InChI=1S/C15H27N5/c1-5-6-11-7-8-20(10-11)13-9-12(19-16)17-14(18-13)15(2,3)4/h9,11H,5-8,10,16H2,1-4H3,(H,17,18,19). The third kappa shape index (κ3) is 3.39. The molecule has 0 saturated carbocycles. The third-order valence-electron chi connectivity index (χ3n) is 3.84. The summed E-state index contributed by atoms with van der Waals surface area (Å²) in [5.41, 5.74) is 2.58. The number of rotatable bonds is 4. The monoisotopic (exact) mass is 277 g/mol. The number of hydrogen-bond acceptors (Lipinski definition) is 5. The predicted octanol–water partition coefficient (Wildman–Crippen LogP) is 2.69. The molecule has 5 heteroatoms. The molecule has 1 atom stereocenters. The van der Waals surface area contributed by atoms with Crippen LogP contribution < -0.4 is 16.2 Å². The lowest BCUT2D eigenvalue weighted by Crippen LogP contribution is -2.25. The molecular weight excluding hydrogens is 250 g/mol. The van der Waals surface area contributed by atoms with E-state index in [9.17, 15) is 0 Å². The summed E-state index contributed by atoms with van der Waals surface area (Å²) in [6.45, 7) is 10.8. The van der Waals surface area contributed by atoms with Crippen molar-refractivity contribution in [3.05, 3.63) is 11.9 Å². The lowest BCUT2D eigenvalue weighted by atomic mass is 9.96. The van der Waals surface area contributed by atoms with Crippen LogP contribution in [-0.4, -0.2) is 23.1 Å². The molecule has 2 heterocycles. The highest BCUT2D eigenvalue weighted by Crippen LogP contribution is 2.28. The smallest absolute Gasteiger partial charge is 0.145 e. The highest BCUT2D eigenvalue weighted by Gasteiger charge is 2.25. The van der Waals surface area contributed by atoms with Crippen LogP contribution in [0.25, 0.3) is 0 Å². The summed E-state index contributed by atoms with van der Waals surface area (Å²) < 4.78 is 0. The van der Waals surface area contributed by atoms with Crippen molar-refractivity contribution in [2.24, 2.45) is 11.8 Å². The van der Waals surface area contributed by atoms with Crippen LogP contribution in [-0.2, 0) is 5.41 Å². The van der Waals surface area contributed by atoms with Gasteiger partial charge in [0, 0.05) is 24.6 Å². The van der Waals surface area contributed by atoms with E-state index in [0.717, 1.165) is 30.6 Å². The number of nitrogen functional groups attached to an aromatic ring is 1. The molecule has 2 rings (SSSR count). The molecule has 1 saturated heterocycles. The first-order valence-electron chi connectivity index (χ1n) is 7.55. The molecule has 0 spiro atoms. The fourth-order valence-electron chi connectivity index (χ4n) is 2.69. The molecule has 1 fully saturated rings. The first kappa shape index (κ1) is 15.0. The van der Waals surface area contributed by atoms with Crippen LogP contribution in [0.4, 0.5) is 11.6 Å². The Kier molecular flexibility index (Phi) is 4.48. The van der Waals surface area contributed by atoms with Crippen LogP contribution in [0, 0.1) is 5.92 Å². The summed E-state index contributed by atoms with van der Waals surface area (Å²) in [5.74, 6) is 8.86. The zero-order chi connectivity index (χ0) is 14.8. The van der Waals surface area contributed by atoms with Gasteiger partial charge in [0.15, 0.2) is 0 Å². The van der Waals surface area contributed by atoms with Crippen molar-refractivity contribution in [2.45, 2.75) is 52.4 Å². The van der Waals surface area contributed by atoms with E-state index in [1.165, 1.54) is 19.3 Å². The van der Waals surface area contributed by atoms with Crippen LogP contribution in [0.2, 0.25) is 0 Å². The third-order valence-corrected chi connectivity index (χ3v) is 3.84. The quantitative estimate of drug-likeness (QED) is 0.654. The second-order valence-electron chi connectivity index (χ2n) is 6.72. The minimum Gasteiger partial charge on any atom is -0.356 e. The minimum absolute atomic E-state index is 0.0792. The average Bonchev–Trinajstić information content (AvgIpc) is 2.86. The van der Waals surface area contributed by atoms with Gasteiger partial charge >= 0.3 is 0 Å². The largest absolute Gasteiger partial charge is 0.356 e. The molecule has 1 aromatic rings. The molecule has 1 aliphatic heterocycles. The summed E-state index contributed by atoms with van der Waals surface area (Å²) in [7, 11) is 0. The van der Waals surface area contributed by atoms with Gasteiger partial charge in [-0.1, -0.05) is 34.1 Å². The van der Waals surface area contributed by atoms with Crippen molar-refractivity contribution in [3.8, 4) is 0 Å². The van der Waals surface area contributed by atoms with Crippen LogP contribution in [0.5, 0.6) is 0 Å². The zero-order valence-electron chi connectivity index (χ0n) is 13.1. The van der Waals surface area contributed by atoms with Gasteiger partial charge in [-0.3, -0.25) is 0 Å². The first-order valence-corrected chi connectivity index (χ1v) is 7.55. The molecule has 1 aromatic heterocycles. The van der Waals surface area contributed by atoms with Crippen LogP contribution >= 0.6 is 0 Å². The van der Waals surface area contributed by atoms with E-state index in [0.29, 0.717) is 5.82 Å². The summed E-state index contributed by atoms with van der Waals surface area (Å²) in [5, 5.41) is 0. The van der Waals surface area contributed by atoms with Crippen LogP contribution in [0.15, 0.2) is 6.07 Å². The molecule has 0 bridgehead atoms. The Morgan fingerprint density at radius 2 is 2.15 bits per heavy atom. The van der Waals surface area contributed by atoms with E-state index >= 15 is 0 Å². The number of aromatic nitrogens is 2. The highest BCUT2D eigenvalue weighted by atomic mass is 15.3. The average molecular weight is 277 g/mol. The zero-order valence-corrected chi connectivity index (χ0v) is 13.1. The van der Waals surface area contributed by atoms with Gasteiger partial charge in [-0.2, -0.15) is 0 Å². The topological polar surface area (TPSA) is 67.1 Å². The Labute approximate surface area is 121 Å². The van der Waals surface area contributed by atoms with Crippen molar-refractivity contribution >= 4 is 11.6 Å². The second-order valence-corrected chi connectivity index (χ2v) is 6.72. The maximum atomic E-state index is 5.55. The number of nitrogens with one attached hydrogen (secondary N) is 1.